The molecule has 7 heteroatoms. The number of hydrogen-bond acceptors (Lipinski definition) is 5. The van der Waals surface area contributed by atoms with Gasteiger partial charge in [0.25, 0.3) is 0 Å². The Labute approximate surface area is 120 Å². The van der Waals surface area contributed by atoms with Crippen LogP contribution in [-0.2, 0) is 0 Å². The lowest BCUT2D eigenvalue weighted by Gasteiger charge is -2.12. The molecule has 0 aliphatic rings. The highest BCUT2D eigenvalue weighted by Gasteiger charge is 2.10. The molecule has 0 aliphatic heterocycles. The molecule has 0 saturated carbocycles. The van der Waals surface area contributed by atoms with Gasteiger partial charge in [0.15, 0.2) is 5.82 Å². The number of halogens is 1. The van der Waals surface area contributed by atoms with Gasteiger partial charge in [0.1, 0.15) is 10.7 Å². The lowest BCUT2D eigenvalue weighted by molar-refractivity contribution is 0.417. The molecule has 0 aliphatic carbocycles. The van der Waals surface area contributed by atoms with E-state index in [1.807, 2.05) is 0 Å². The van der Waals surface area contributed by atoms with Crippen molar-refractivity contribution in [1.82, 2.24) is 10.2 Å². The molecule has 0 atom stereocenters. The zero-order chi connectivity index (χ0) is 13.8. The average molecular weight is 295 g/mol. The summed E-state index contributed by atoms with van der Waals surface area (Å²) in [5.41, 5.74) is 6.90. The van der Waals surface area contributed by atoms with Gasteiger partial charge in [-0.1, -0.05) is 23.8 Å². The van der Waals surface area contributed by atoms with Crippen molar-refractivity contribution >= 4 is 40.3 Å². The molecule has 1 aromatic carbocycles. The largest absolute Gasteiger partial charge is 0.495 e. The van der Waals surface area contributed by atoms with Crippen LogP contribution in [-0.4, -0.2) is 22.3 Å². The molecule has 0 amide bonds. The number of ether oxygens (including phenoxy) is 1. The Morgan fingerprint density at radius 3 is 2.89 bits per heavy atom. The highest BCUT2D eigenvalue weighted by molar-refractivity contribution is 7.80. The molecule has 0 fully saturated rings. The van der Waals surface area contributed by atoms with Crippen LogP contribution in [0.15, 0.2) is 30.5 Å². The summed E-state index contributed by atoms with van der Waals surface area (Å²) in [6.45, 7) is 0. The van der Waals surface area contributed by atoms with Crippen molar-refractivity contribution in [2.75, 3.05) is 12.4 Å². The third-order valence-electron chi connectivity index (χ3n) is 2.40. The fraction of sp³-hybridized carbons (Fsp3) is 0.0833. The maximum Gasteiger partial charge on any atom is 0.163 e. The minimum absolute atomic E-state index is 0.235. The topological polar surface area (TPSA) is 73.1 Å². The predicted octanol–water partition coefficient (Wildman–Crippen LogP) is 2.52. The monoisotopic (exact) mass is 294 g/mol. The van der Waals surface area contributed by atoms with Crippen molar-refractivity contribution in [2.24, 2.45) is 5.73 Å². The summed E-state index contributed by atoms with van der Waals surface area (Å²) in [6, 6.07) is 6.89. The molecular weight excluding hydrogens is 284 g/mol. The second-order valence-corrected chi connectivity index (χ2v) is 4.50. The Morgan fingerprint density at radius 2 is 2.21 bits per heavy atom. The summed E-state index contributed by atoms with van der Waals surface area (Å²) in [4.78, 5) is 0.235. The van der Waals surface area contributed by atoms with Crippen molar-refractivity contribution < 1.29 is 4.74 Å². The number of nitrogens with two attached hydrogens (primary N) is 1. The number of benzene rings is 1. The van der Waals surface area contributed by atoms with Gasteiger partial charge in [-0.05, 0) is 24.3 Å². The summed E-state index contributed by atoms with van der Waals surface area (Å²) in [7, 11) is 1.57. The van der Waals surface area contributed by atoms with E-state index in [0.717, 1.165) is 0 Å². The number of aromatic nitrogens is 2. The molecule has 0 unspecified atom stereocenters. The lowest BCUT2D eigenvalue weighted by Crippen LogP contribution is -2.13. The molecule has 1 aromatic heterocycles. The van der Waals surface area contributed by atoms with E-state index < -0.39 is 0 Å². The van der Waals surface area contributed by atoms with E-state index in [-0.39, 0.29) is 4.99 Å². The van der Waals surface area contributed by atoms with Crippen molar-refractivity contribution in [3.63, 3.8) is 0 Å². The molecule has 1 heterocycles. The summed E-state index contributed by atoms with van der Waals surface area (Å²) in [6.07, 6.45) is 1.52. The number of nitrogens with zero attached hydrogens (tertiary/aromatic N) is 2. The third-order valence-corrected chi connectivity index (χ3v) is 2.86. The Kier molecular flexibility index (Phi) is 4.13. The predicted molar refractivity (Wildman–Crippen MR) is 79.2 cm³/mol. The van der Waals surface area contributed by atoms with E-state index in [1.54, 1.807) is 31.4 Å². The maximum atomic E-state index is 5.96. The minimum atomic E-state index is 0.235. The molecule has 2 aromatic rings. The number of thiocarbonyl (C=S) groups is 1. The van der Waals surface area contributed by atoms with E-state index in [4.69, 9.17) is 34.3 Å². The van der Waals surface area contributed by atoms with Crippen LogP contribution in [0, 0.1) is 0 Å². The Balaban J connectivity index is 2.41. The molecule has 2 rings (SSSR count). The number of nitrogens with one attached hydrogen (secondary N) is 1. The maximum absolute atomic E-state index is 5.96. The number of rotatable bonds is 4. The van der Waals surface area contributed by atoms with Crippen LogP contribution in [0.3, 0.4) is 0 Å². The van der Waals surface area contributed by atoms with E-state index in [1.165, 1.54) is 6.20 Å². The normalized spacial score (nSPS) is 10.0. The molecule has 5 nitrogen and oxygen atoms in total. The molecule has 0 spiro atoms. The van der Waals surface area contributed by atoms with Crippen molar-refractivity contribution in [3.8, 4) is 5.75 Å². The summed E-state index contributed by atoms with van der Waals surface area (Å²) in [5, 5.41) is 11.4. The zero-order valence-electron chi connectivity index (χ0n) is 10.1. The van der Waals surface area contributed by atoms with Gasteiger partial charge in [-0.2, -0.15) is 5.10 Å². The fourth-order valence-electron chi connectivity index (χ4n) is 1.53. The Bertz CT molecular complexity index is 620. The fourth-order valence-corrected chi connectivity index (χ4v) is 1.87. The van der Waals surface area contributed by atoms with Gasteiger partial charge in [-0.25, -0.2) is 0 Å². The summed E-state index contributed by atoms with van der Waals surface area (Å²) < 4.78 is 5.24. The summed E-state index contributed by atoms with van der Waals surface area (Å²) >= 11 is 10.9. The first-order valence-corrected chi connectivity index (χ1v) is 6.12. The quantitative estimate of drug-likeness (QED) is 0.844. The van der Waals surface area contributed by atoms with Gasteiger partial charge >= 0.3 is 0 Å². The van der Waals surface area contributed by atoms with Crippen LogP contribution in [0.2, 0.25) is 5.02 Å². The number of methoxy groups -OCH3 is 1. The summed E-state index contributed by atoms with van der Waals surface area (Å²) in [5.74, 6) is 1.08. The highest BCUT2D eigenvalue weighted by Crippen LogP contribution is 2.30. The third kappa shape index (κ3) is 3.10. The Morgan fingerprint density at radius 1 is 1.42 bits per heavy atom. The van der Waals surface area contributed by atoms with Crippen LogP contribution in [0.5, 0.6) is 5.75 Å². The van der Waals surface area contributed by atoms with Crippen LogP contribution in [0.1, 0.15) is 5.56 Å². The van der Waals surface area contributed by atoms with Gasteiger partial charge in [-0.3, -0.25) is 0 Å². The minimum Gasteiger partial charge on any atom is -0.495 e. The van der Waals surface area contributed by atoms with Crippen molar-refractivity contribution in [1.29, 1.82) is 0 Å². The first-order chi connectivity index (χ1) is 9.11. The first-order valence-electron chi connectivity index (χ1n) is 5.34. The van der Waals surface area contributed by atoms with Crippen LogP contribution < -0.4 is 15.8 Å². The highest BCUT2D eigenvalue weighted by atomic mass is 35.5. The molecule has 0 bridgehead atoms. The van der Waals surface area contributed by atoms with E-state index in [0.29, 0.717) is 27.8 Å². The molecule has 3 N–H and O–H groups in total. The van der Waals surface area contributed by atoms with Crippen molar-refractivity contribution in [2.45, 2.75) is 0 Å². The standard InChI is InChI=1S/C12H11ClN4OS/c1-18-10-3-2-7(13)6-9(10)16-12-8(11(14)19)4-5-15-17-12/h2-6H,1H3,(H2,14,19)(H,16,17). The smallest absolute Gasteiger partial charge is 0.163 e. The SMILES string of the molecule is COc1ccc(Cl)cc1Nc1nnccc1C(N)=S. The zero-order valence-corrected chi connectivity index (χ0v) is 11.6. The number of hydrogen-bond donors (Lipinski definition) is 2. The van der Waals surface area contributed by atoms with Gasteiger partial charge in [0, 0.05) is 5.02 Å². The first kappa shape index (κ1) is 13.5. The molecular formula is C12H11ClN4OS. The van der Waals surface area contributed by atoms with E-state index >= 15 is 0 Å². The van der Waals surface area contributed by atoms with Crippen LogP contribution >= 0.6 is 23.8 Å². The second kappa shape index (κ2) is 5.81. The molecule has 98 valence electrons. The van der Waals surface area contributed by atoms with Gasteiger partial charge < -0.3 is 15.8 Å². The van der Waals surface area contributed by atoms with Crippen LogP contribution in [0.4, 0.5) is 11.5 Å². The number of anilines is 2. The van der Waals surface area contributed by atoms with Gasteiger partial charge in [0.05, 0.1) is 24.6 Å². The van der Waals surface area contributed by atoms with Gasteiger partial charge in [-0.15, -0.1) is 5.10 Å². The second-order valence-electron chi connectivity index (χ2n) is 3.63. The molecule has 0 radical (unpaired) electrons. The van der Waals surface area contributed by atoms with Gasteiger partial charge in [0.2, 0.25) is 0 Å². The van der Waals surface area contributed by atoms with E-state index in [2.05, 4.69) is 15.5 Å². The van der Waals surface area contributed by atoms with Crippen molar-refractivity contribution in [3.05, 3.63) is 41.0 Å². The average Bonchev–Trinajstić information content (AvgIpc) is 2.39. The van der Waals surface area contributed by atoms with Crippen LogP contribution in [0.25, 0.3) is 0 Å². The Hall–Kier alpha value is -1.92. The van der Waals surface area contributed by atoms with E-state index in [9.17, 15) is 0 Å². The molecule has 0 saturated heterocycles. The lowest BCUT2D eigenvalue weighted by atomic mass is 10.2. The molecule has 19 heavy (non-hydrogen) atoms.